The molecule has 3 nitrogen and oxygen atoms in total. The average Bonchev–Trinajstić information content (AvgIpc) is 2.85. The van der Waals surface area contributed by atoms with Crippen molar-refractivity contribution in [2.75, 3.05) is 13.1 Å². The smallest absolute Gasteiger partial charge is 0.222 e. The van der Waals surface area contributed by atoms with Crippen LogP contribution in [0.15, 0.2) is 0 Å². The predicted molar refractivity (Wildman–Crippen MR) is 76.6 cm³/mol. The maximum atomic E-state index is 12.4. The fourth-order valence-corrected chi connectivity index (χ4v) is 4.49. The van der Waals surface area contributed by atoms with Crippen molar-refractivity contribution in [1.29, 1.82) is 0 Å². The quantitative estimate of drug-likeness (QED) is 0.833. The van der Waals surface area contributed by atoms with Crippen LogP contribution in [-0.4, -0.2) is 29.9 Å². The summed E-state index contributed by atoms with van der Waals surface area (Å²) >= 11 is 0. The number of fused-ring (bicyclic) bond motifs is 1. The van der Waals surface area contributed by atoms with Gasteiger partial charge in [0.15, 0.2) is 0 Å². The van der Waals surface area contributed by atoms with E-state index in [1.807, 2.05) is 0 Å². The van der Waals surface area contributed by atoms with Crippen molar-refractivity contribution in [3.63, 3.8) is 0 Å². The molecule has 0 radical (unpaired) electrons. The fraction of sp³-hybridized carbons (Fsp3) is 0.938. The normalized spacial score (nSPS) is 36.3. The van der Waals surface area contributed by atoms with Gasteiger partial charge in [-0.3, -0.25) is 4.79 Å². The number of rotatable bonds is 2. The molecule has 1 aliphatic heterocycles. The monoisotopic (exact) mass is 264 g/mol. The molecule has 0 aromatic carbocycles. The lowest BCUT2D eigenvalue weighted by molar-refractivity contribution is -0.131. The number of amides is 1. The van der Waals surface area contributed by atoms with Gasteiger partial charge in [-0.1, -0.05) is 25.7 Å². The Labute approximate surface area is 116 Å². The van der Waals surface area contributed by atoms with Crippen LogP contribution in [0.25, 0.3) is 0 Å². The van der Waals surface area contributed by atoms with Crippen molar-refractivity contribution in [2.45, 2.75) is 63.8 Å². The lowest BCUT2D eigenvalue weighted by atomic mass is 9.78. The van der Waals surface area contributed by atoms with Crippen molar-refractivity contribution in [2.24, 2.45) is 23.5 Å². The van der Waals surface area contributed by atoms with Crippen LogP contribution in [0.3, 0.4) is 0 Å². The van der Waals surface area contributed by atoms with E-state index < -0.39 is 0 Å². The van der Waals surface area contributed by atoms with Crippen LogP contribution < -0.4 is 5.73 Å². The van der Waals surface area contributed by atoms with Gasteiger partial charge in [0.1, 0.15) is 0 Å². The van der Waals surface area contributed by atoms with Gasteiger partial charge in [-0.25, -0.2) is 0 Å². The summed E-state index contributed by atoms with van der Waals surface area (Å²) in [5.41, 5.74) is 6.23. The van der Waals surface area contributed by atoms with Gasteiger partial charge in [0.05, 0.1) is 0 Å². The Kier molecular flexibility index (Phi) is 4.11. The largest absolute Gasteiger partial charge is 0.342 e. The van der Waals surface area contributed by atoms with Crippen LogP contribution >= 0.6 is 0 Å². The Morgan fingerprint density at radius 2 is 1.79 bits per heavy atom. The molecule has 1 heterocycles. The second-order valence-electron chi connectivity index (χ2n) is 7.03. The van der Waals surface area contributed by atoms with E-state index in [4.69, 9.17) is 5.73 Å². The molecule has 2 N–H and O–H groups in total. The highest BCUT2D eigenvalue weighted by molar-refractivity contribution is 5.76. The molecule has 3 heteroatoms. The highest BCUT2D eigenvalue weighted by Gasteiger charge is 2.40. The van der Waals surface area contributed by atoms with E-state index in [9.17, 15) is 4.79 Å². The Hall–Kier alpha value is -0.570. The summed E-state index contributed by atoms with van der Waals surface area (Å²) < 4.78 is 0. The molecule has 2 saturated carbocycles. The molecule has 3 atom stereocenters. The number of likely N-dealkylation sites (tertiary alicyclic amines) is 1. The summed E-state index contributed by atoms with van der Waals surface area (Å²) in [5.74, 6) is 2.36. The molecule has 0 spiro atoms. The van der Waals surface area contributed by atoms with Crippen molar-refractivity contribution in [3.05, 3.63) is 0 Å². The summed E-state index contributed by atoms with van der Waals surface area (Å²) in [6.07, 6.45) is 11.1. The van der Waals surface area contributed by atoms with Gasteiger partial charge in [0.2, 0.25) is 5.91 Å². The van der Waals surface area contributed by atoms with Gasteiger partial charge < -0.3 is 10.6 Å². The zero-order valence-electron chi connectivity index (χ0n) is 12.0. The third-order valence-corrected chi connectivity index (χ3v) is 5.69. The summed E-state index contributed by atoms with van der Waals surface area (Å²) in [5, 5.41) is 0. The highest BCUT2D eigenvalue weighted by Crippen LogP contribution is 2.36. The minimum atomic E-state index is 0.339. The first-order valence-electron chi connectivity index (χ1n) is 8.27. The SMILES string of the molecule is NC1CCCC2CN(C(=O)CC3CCCCC3)CC12. The number of carbonyl (C=O) groups excluding carboxylic acids is 1. The van der Waals surface area contributed by atoms with E-state index in [0.29, 0.717) is 29.7 Å². The first-order chi connectivity index (χ1) is 9.24. The van der Waals surface area contributed by atoms with Gasteiger partial charge in [-0.15, -0.1) is 0 Å². The van der Waals surface area contributed by atoms with Crippen LogP contribution in [0, 0.1) is 17.8 Å². The topological polar surface area (TPSA) is 46.3 Å². The maximum absolute atomic E-state index is 12.4. The molecule has 1 amide bonds. The Balaban J connectivity index is 1.53. The zero-order valence-corrected chi connectivity index (χ0v) is 12.0. The first-order valence-corrected chi connectivity index (χ1v) is 8.27. The van der Waals surface area contributed by atoms with Gasteiger partial charge in [0, 0.05) is 25.6 Å². The van der Waals surface area contributed by atoms with Gasteiger partial charge in [-0.2, -0.15) is 0 Å². The van der Waals surface area contributed by atoms with Gasteiger partial charge >= 0.3 is 0 Å². The van der Waals surface area contributed by atoms with Gasteiger partial charge in [-0.05, 0) is 43.4 Å². The standard InChI is InChI=1S/C16H28N2O/c17-15-8-4-7-13-10-18(11-14(13)15)16(19)9-12-5-2-1-3-6-12/h12-15H,1-11,17H2. The fourth-order valence-electron chi connectivity index (χ4n) is 4.49. The molecule has 3 aliphatic rings. The summed E-state index contributed by atoms with van der Waals surface area (Å²) in [4.78, 5) is 14.6. The molecular weight excluding hydrogens is 236 g/mol. The molecule has 19 heavy (non-hydrogen) atoms. The molecule has 0 aromatic rings. The number of nitrogens with zero attached hydrogens (tertiary/aromatic N) is 1. The van der Waals surface area contributed by atoms with Crippen molar-refractivity contribution >= 4 is 5.91 Å². The maximum Gasteiger partial charge on any atom is 0.222 e. The van der Waals surface area contributed by atoms with Crippen LogP contribution in [0.1, 0.15) is 57.8 Å². The van der Waals surface area contributed by atoms with E-state index in [1.165, 1.54) is 44.9 Å². The Morgan fingerprint density at radius 3 is 2.53 bits per heavy atom. The molecule has 3 rings (SSSR count). The second kappa shape index (κ2) is 5.82. The molecule has 1 saturated heterocycles. The van der Waals surface area contributed by atoms with E-state index in [0.717, 1.165) is 25.9 Å². The highest BCUT2D eigenvalue weighted by atomic mass is 16.2. The molecule has 3 unspecified atom stereocenters. The number of carbonyl (C=O) groups is 1. The van der Waals surface area contributed by atoms with Crippen molar-refractivity contribution in [1.82, 2.24) is 4.90 Å². The minimum absolute atomic E-state index is 0.339. The van der Waals surface area contributed by atoms with Gasteiger partial charge in [0.25, 0.3) is 0 Å². The predicted octanol–water partition coefficient (Wildman–Crippen LogP) is 2.54. The minimum Gasteiger partial charge on any atom is -0.342 e. The van der Waals surface area contributed by atoms with Crippen LogP contribution in [0.4, 0.5) is 0 Å². The third kappa shape index (κ3) is 2.96. The summed E-state index contributed by atoms with van der Waals surface area (Å²) in [7, 11) is 0. The Bertz CT molecular complexity index is 325. The number of nitrogens with two attached hydrogens (primary N) is 1. The lowest BCUT2D eigenvalue weighted by Gasteiger charge is -2.29. The molecule has 0 bridgehead atoms. The molecule has 0 aromatic heterocycles. The third-order valence-electron chi connectivity index (χ3n) is 5.69. The van der Waals surface area contributed by atoms with Crippen LogP contribution in [0.2, 0.25) is 0 Å². The van der Waals surface area contributed by atoms with Crippen molar-refractivity contribution in [3.8, 4) is 0 Å². The average molecular weight is 264 g/mol. The Morgan fingerprint density at radius 1 is 1.00 bits per heavy atom. The van der Waals surface area contributed by atoms with Crippen molar-refractivity contribution < 1.29 is 4.79 Å². The molecule has 2 aliphatic carbocycles. The van der Waals surface area contributed by atoms with Crippen LogP contribution in [-0.2, 0) is 4.79 Å². The summed E-state index contributed by atoms with van der Waals surface area (Å²) in [6.45, 7) is 1.93. The number of hydrogen-bond donors (Lipinski definition) is 1. The first kappa shape index (κ1) is 13.4. The molecular formula is C16H28N2O. The van der Waals surface area contributed by atoms with E-state index in [2.05, 4.69) is 4.90 Å². The lowest BCUT2D eigenvalue weighted by Crippen LogP contribution is -2.38. The van der Waals surface area contributed by atoms with E-state index >= 15 is 0 Å². The van der Waals surface area contributed by atoms with Crippen LogP contribution in [0.5, 0.6) is 0 Å². The van der Waals surface area contributed by atoms with E-state index in [1.54, 1.807) is 0 Å². The second-order valence-corrected chi connectivity index (χ2v) is 7.03. The zero-order chi connectivity index (χ0) is 13.2. The van der Waals surface area contributed by atoms with E-state index in [-0.39, 0.29) is 0 Å². The number of hydrogen-bond acceptors (Lipinski definition) is 2. The molecule has 3 fully saturated rings. The summed E-state index contributed by atoms with van der Waals surface area (Å²) in [6, 6.07) is 0.339. The molecule has 108 valence electrons.